The lowest BCUT2D eigenvalue weighted by Gasteiger charge is -2.27. The van der Waals surface area contributed by atoms with Crippen LogP contribution in [0.25, 0.3) is 0 Å². The van der Waals surface area contributed by atoms with E-state index < -0.39 is 11.0 Å². The van der Waals surface area contributed by atoms with Gasteiger partial charge in [-0.05, 0) is 36.4 Å². The molecule has 0 amide bonds. The Kier molecular flexibility index (Phi) is 6.67. The summed E-state index contributed by atoms with van der Waals surface area (Å²) in [5.41, 5.74) is 3.52. The highest BCUT2D eigenvalue weighted by atomic mass is 32.2. The maximum Gasteiger partial charge on any atom is 0.125 e. The molecular formula is C22H23NOS2. The van der Waals surface area contributed by atoms with Crippen molar-refractivity contribution in [2.75, 3.05) is 6.26 Å². The molecule has 2 nitrogen and oxygen atoms in total. The van der Waals surface area contributed by atoms with Crippen LogP contribution in [0.15, 0.2) is 89.8 Å². The van der Waals surface area contributed by atoms with Gasteiger partial charge in [-0.25, -0.2) is 8.93 Å². The average Bonchev–Trinajstić information content (AvgIpc) is 2.69. The third kappa shape index (κ3) is 4.64. The van der Waals surface area contributed by atoms with Gasteiger partial charge in [-0.1, -0.05) is 78.4 Å². The highest BCUT2D eigenvalue weighted by Gasteiger charge is 2.26. The summed E-state index contributed by atoms with van der Waals surface area (Å²) in [6.45, 7) is 2.03. The van der Waals surface area contributed by atoms with Crippen molar-refractivity contribution in [2.24, 2.45) is 0 Å². The summed E-state index contributed by atoms with van der Waals surface area (Å²) in [6, 6.07) is 28.4. The molecule has 134 valence electrons. The third-order valence-electron chi connectivity index (χ3n) is 4.31. The first kappa shape index (κ1) is 18.9. The average molecular weight is 382 g/mol. The van der Waals surface area contributed by atoms with Crippen molar-refractivity contribution in [3.8, 4) is 0 Å². The Bertz CT molecular complexity index is 835. The van der Waals surface area contributed by atoms with Crippen LogP contribution in [0.5, 0.6) is 0 Å². The maximum atomic E-state index is 13.0. The van der Waals surface area contributed by atoms with Crippen molar-refractivity contribution in [1.82, 2.24) is 4.72 Å². The first-order chi connectivity index (χ1) is 12.7. The molecule has 0 unspecified atom stereocenters. The second-order valence-electron chi connectivity index (χ2n) is 6.15. The lowest BCUT2D eigenvalue weighted by molar-refractivity contribution is 0.617. The normalized spacial score (nSPS) is 14.5. The molecule has 0 heterocycles. The van der Waals surface area contributed by atoms with E-state index in [4.69, 9.17) is 0 Å². The Balaban J connectivity index is 1.93. The molecule has 26 heavy (non-hydrogen) atoms. The zero-order valence-electron chi connectivity index (χ0n) is 15.0. The number of nitrogens with one attached hydrogen (secondary N) is 1. The van der Waals surface area contributed by atoms with Gasteiger partial charge in [0.25, 0.3) is 0 Å². The van der Waals surface area contributed by atoms with E-state index in [9.17, 15) is 4.21 Å². The van der Waals surface area contributed by atoms with Crippen molar-refractivity contribution in [3.63, 3.8) is 0 Å². The number of hydrogen-bond donors (Lipinski definition) is 1. The standard InChI is InChI=1S/C22H23NOS2/c1-17-13-15-20(16-14-17)26(24)23-21(18-9-5-3-6-10-18)22(25-2)19-11-7-4-8-12-19/h3-16,21-23H,1-2H3/t21-,22+,26+/m1/s1. The molecule has 0 fully saturated rings. The fourth-order valence-electron chi connectivity index (χ4n) is 2.92. The molecule has 1 N–H and O–H groups in total. The molecule has 0 spiro atoms. The first-order valence-corrected chi connectivity index (χ1v) is 11.0. The Morgan fingerprint density at radius 2 is 1.35 bits per heavy atom. The van der Waals surface area contributed by atoms with E-state index >= 15 is 0 Å². The van der Waals surface area contributed by atoms with Gasteiger partial charge in [-0.3, -0.25) is 0 Å². The summed E-state index contributed by atoms with van der Waals surface area (Å²) in [5.74, 6) is 0. The van der Waals surface area contributed by atoms with Crippen molar-refractivity contribution in [1.29, 1.82) is 0 Å². The summed E-state index contributed by atoms with van der Waals surface area (Å²) in [4.78, 5) is 0.796. The number of hydrogen-bond acceptors (Lipinski definition) is 2. The topological polar surface area (TPSA) is 29.1 Å². The Morgan fingerprint density at radius 1 is 0.808 bits per heavy atom. The summed E-state index contributed by atoms with van der Waals surface area (Å²) >= 11 is 1.77. The molecule has 0 aliphatic carbocycles. The van der Waals surface area contributed by atoms with Crippen molar-refractivity contribution in [3.05, 3.63) is 102 Å². The Labute approximate surface area is 162 Å². The summed E-state index contributed by atoms with van der Waals surface area (Å²) in [7, 11) is -1.28. The number of rotatable bonds is 7. The highest BCUT2D eigenvalue weighted by molar-refractivity contribution is 7.98. The van der Waals surface area contributed by atoms with Gasteiger partial charge in [-0.15, -0.1) is 0 Å². The van der Waals surface area contributed by atoms with Crippen molar-refractivity contribution in [2.45, 2.75) is 23.1 Å². The van der Waals surface area contributed by atoms with Gasteiger partial charge in [-0.2, -0.15) is 11.8 Å². The van der Waals surface area contributed by atoms with Crippen LogP contribution in [0.2, 0.25) is 0 Å². The minimum atomic E-state index is -1.28. The molecule has 0 bridgehead atoms. The van der Waals surface area contributed by atoms with Crippen LogP contribution in [0.4, 0.5) is 0 Å². The van der Waals surface area contributed by atoms with Crippen LogP contribution in [0.3, 0.4) is 0 Å². The van der Waals surface area contributed by atoms with Gasteiger partial charge in [0.15, 0.2) is 0 Å². The van der Waals surface area contributed by atoms with Crippen molar-refractivity contribution < 1.29 is 4.21 Å². The Hall–Kier alpha value is -1.88. The van der Waals surface area contributed by atoms with Crippen LogP contribution < -0.4 is 4.72 Å². The second-order valence-corrected chi connectivity index (χ2v) is 8.38. The molecule has 3 aromatic carbocycles. The molecule has 0 saturated carbocycles. The van der Waals surface area contributed by atoms with Crippen LogP contribution in [-0.2, 0) is 11.0 Å². The highest BCUT2D eigenvalue weighted by Crippen LogP contribution is 2.39. The molecule has 4 heteroatoms. The van der Waals surface area contributed by atoms with Gasteiger partial charge < -0.3 is 0 Å². The van der Waals surface area contributed by atoms with Crippen molar-refractivity contribution >= 4 is 22.7 Å². The molecular weight excluding hydrogens is 358 g/mol. The van der Waals surface area contributed by atoms with E-state index in [0.29, 0.717) is 0 Å². The zero-order chi connectivity index (χ0) is 18.4. The Morgan fingerprint density at radius 3 is 1.88 bits per heavy atom. The first-order valence-electron chi connectivity index (χ1n) is 8.56. The molecule has 0 radical (unpaired) electrons. The van der Waals surface area contributed by atoms with E-state index in [1.54, 1.807) is 11.8 Å². The zero-order valence-corrected chi connectivity index (χ0v) is 16.6. The number of thioether (sulfide) groups is 1. The van der Waals surface area contributed by atoms with Gasteiger partial charge in [0.2, 0.25) is 0 Å². The van der Waals surface area contributed by atoms with E-state index in [1.165, 1.54) is 5.56 Å². The molecule has 0 saturated heterocycles. The maximum absolute atomic E-state index is 13.0. The third-order valence-corrected chi connectivity index (χ3v) is 6.53. The lowest BCUT2D eigenvalue weighted by Crippen LogP contribution is -2.28. The second kappa shape index (κ2) is 9.17. The summed E-state index contributed by atoms with van der Waals surface area (Å²) in [6.07, 6.45) is 2.10. The van der Waals surface area contributed by atoms with E-state index in [2.05, 4.69) is 47.4 Å². The van der Waals surface area contributed by atoms with Gasteiger partial charge in [0.05, 0.1) is 10.9 Å². The summed E-state index contributed by atoms with van der Waals surface area (Å²) in [5, 5.41) is 0.160. The van der Waals surface area contributed by atoms with Gasteiger partial charge in [0.1, 0.15) is 11.0 Å². The number of aryl methyl sites for hydroxylation is 1. The molecule has 3 rings (SSSR count). The monoisotopic (exact) mass is 381 g/mol. The van der Waals surface area contributed by atoms with Crippen LogP contribution in [0, 0.1) is 6.92 Å². The molecule has 3 atom stereocenters. The smallest absolute Gasteiger partial charge is 0.125 e. The summed E-state index contributed by atoms with van der Waals surface area (Å²) < 4.78 is 16.4. The minimum absolute atomic E-state index is 0.0595. The van der Waals surface area contributed by atoms with Gasteiger partial charge >= 0.3 is 0 Å². The van der Waals surface area contributed by atoms with Crippen LogP contribution >= 0.6 is 11.8 Å². The van der Waals surface area contributed by atoms with Crippen LogP contribution in [-0.4, -0.2) is 10.5 Å². The molecule has 0 aromatic heterocycles. The lowest BCUT2D eigenvalue weighted by atomic mass is 9.99. The number of benzene rings is 3. The largest absolute Gasteiger partial charge is 0.237 e. The predicted octanol–water partition coefficient (Wildman–Crippen LogP) is 5.45. The quantitative estimate of drug-likeness (QED) is 0.589. The van der Waals surface area contributed by atoms with E-state index in [-0.39, 0.29) is 11.3 Å². The van der Waals surface area contributed by atoms with E-state index in [0.717, 1.165) is 16.0 Å². The predicted molar refractivity (Wildman–Crippen MR) is 113 cm³/mol. The van der Waals surface area contributed by atoms with E-state index in [1.807, 2.05) is 55.5 Å². The fraction of sp³-hybridized carbons (Fsp3) is 0.182. The minimum Gasteiger partial charge on any atom is -0.237 e. The van der Waals surface area contributed by atoms with Gasteiger partial charge in [0, 0.05) is 5.25 Å². The molecule has 0 aliphatic heterocycles. The SMILES string of the molecule is CS[C@@H](c1ccccc1)[C@H](N[S@@](=O)c1ccc(C)cc1)c1ccccc1. The molecule has 3 aromatic rings. The van der Waals surface area contributed by atoms with Crippen LogP contribution in [0.1, 0.15) is 28.0 Å². The fourth-order valence-corrected chi connectivity index (χ4v) is 4.95. The molecule has 0 aliphatic rings.